The van der Waals surface area contributed by atoms with Crippen molar-refractivity contribution in [2.75, 3.05) is 11.9 Å². The van der Waals surface area contributed by atoms with Gasteiger partial charge < -0.3 is 4.74 Å². The molecule has 4 rings (SSSR count). The highest BCUT2D eigenvalue weighted by Gasteiger charge is 2.24. The fraction of sp³-hybridized carbons (Fsp3) is 0.0800. The van der Waals surface area contributed by atoms with Crippen LogP contribution in [0.4, 0.5) is 9.52 Å². The van der Waals surface area contributed by atoms with Gasteiger partial charge in [-0.3, -0.25) is 14.9 Å². The second-order valence-corrected chi connectivity index (χ2v) is 8.96. The Hall–Kier alpha value is -3.49. The Labute approximate surface area is 198 Å². The van der Waals surface area contributed by atoms with Crippen molar-refractivity contribution in [1.29, 1.82) is 0 Å². The van der Waals surface area contributed by atoms with Crippen molar-refractivity contribution < 1.29 is 18.7 Å². The van der Waals surface area contributed by atoms with Crippen LogP contribution in [0.3, 0.4) is 0 Å². The van der Waals surface area contributed by atoms with Crippen molar-refractivity contribution in [2.45, 2.75) is 10.1 Å². The maximum absolute atomic E-state index is 13.1. The lowest BCUT2D eigenvalue weighted by Gasteiger charge is -2.16. The minimum atomic E-state index is -0.605. The summed E-state index contributed by atoms with van der Waals surface area (Å²) in [5, 5.41) is 4.16. The number of hydrogen-bond acceptors (Lipinski definition) is 6. The molecule has 0 aliphatic rings. The second kappa shape index (κ2) is 10.9. The SMILES string of the molecule is O=C(COC(=O)C(Sc1ccccc1)c1ccccc1)Nc1nc(-c2ccc(F)cc2)cs1. The van der Waals surface area contributed by atoms with Gasteiger partial charge in [0.25, 0.3) is 5.91 Å². The fourth-order valence-corrected chi connectivity index (χ4v) is 4.75. The van der Waals surface area contributed by atoms with E-state index in [1.807, 2.05) is 60.7 Å². The predicted octanol–water partition coefficient (Wildman–Crippen LogP) is 5.96. The Kier molecular flexibility index (Phi) is 7.49. The number of esters is 1. The zero-order valence-electron chi connectivity index (χ0n) is 17.3. The van der Waals surface area contributed by atoms with Gasteiger partial charge >= 0.3 is 5.97 Å². The molecule has 5 nitrogen and oxygen atoms in total. The second-order valence-electron chi connectivity index (χ2n) is 6.92. The van der Waals surface area contributed by atoms with Gasteiger partial charge in [-0.2, -0.15) is 0 Å². The van der Waals surface area contributed by atoms with E-state index in [4.69, 9.17) is 4.74 Å². The number of nitrogens with zero attached hydrogens (tertiary/aromatic N) is 1. The monoisotopic (exact) mass is 478 g/mol. The van der Waals surface area contributed by atoms with Crippen molar-refractivity contribution in [3.05, 3.63) is 102 Å². The number of benzene rings is 3. The van der Waals surface area contributed by atoms with Gasteiger partial charge in [-0.15, -0.1) is 23.1 Å². The largest absolute Gasteiger partial charge is 0.454 e. The van der Waals surface area contributed by atoms with Crippen LogP contribution in [-0.4, -0.2) is 23.5 Å². The average molecular weight is 479 g/mol. The molecule has 1 unspecified atom stereocenters. The van der Waals surface area contributed by atoms with Crippen molar-refractivity contribution in [1.82, 2.24) is 4.98 Å². The minimum Gasteiger partial charge on any atom is -0.454 e. The van der Waals surface area contributed by atoms with Gasteiger partial charge in [-0.1, -0.05) is 48.5 Å². The van der Waals surface area contributed by atoms with E-state index < -0.39 is 23.7 Å². The van der Waals surface area contributed by atoms with Crippen LogP contribution in [0.1, 0.15) is 10.8 Å². The highest BCUT2D eigenvalue weighted by molar-refractivity contribution is 8.00. The lowest BCUT2D eigenvalue weighted by molar-refractivity contribution is -0.146. The Morgan fingerprint density at radius 3 is 2.33 bits per heavy atom. The third-order valence-corrected chi connectivity index (χ3v) is 6.55. The van der Waals surface area contributed by atoms with Gasteiger partial charge in [-0.25, -0.2) is 9.37 Å². The van der Waals surface area contributed by atoms with E-state index in [0.717, 1.165) is 16.0 Å². The maximum Gasteiger partial charge on any atom is 0.324 e. The van der Waals surface area contributed by atoms with E-state index >= 15 is 0 Å². The van der Waals surface area contributed by atoms with Crippen molar-refractivity contribution in [2.24, 2.45) is 0 Å². The number of carbonyl (C=O) groups excluding carboxylic acids is 2. The lowest BCUT2D eigenvalue weighted by atomic mass is 10.1. The Balaban J connectivity index is 1.37. The molecule has 166 valence electrons. The third-order valence-electron chi connectivity index (χ3n) is 4.55. The summed E-state index contributed by atoms with van der Waals surface area (Å²) in [5.41, 5.74) is 2.15. The Morgan fingerprint density at radius 2 is 1.64 bits per heavy atom. The molecule has 0 spiro atoms. The Bertz CT molecular complexity index is 1220. The normalized spacial score (nSPS) is 11.5. The predicted molar refractivity (Wildman–Crippen MR) is 129 cm³/mol. The van der Waals surface area contributed by atoms with Crippen LogP contribution in [0, 0.1) is 5.82 Å². The molecule has 1 atom stereocenters. The van der Waals surface area contributed by atoms with E-state index in [2.05, 4.69) is 10.3 Å². The van der Waals surface area contributed by atoms with Crippen LogP contribution in [0.2, 0.25) is 0 Å². The summed E-state index contributed by atoms with van der Waals surface area (Å²) in [6.07, 6.45) is 0. The highest BCUT2D eigenvalue weighted by atomic mass is 32.2. The van der Waals surface area contributed by atoms with Gasteiger partial charge in [-0.05, 0) is 42.0 Å². The van der Waals surface area contributed by atoms with Crippen LogP contribution in [0.15, 0.2) is 95.2 Å². The lowest BCUT2D eigenvalue weighted by Crippen LogP contribution is -2.23. The van der Waals surface area contributed by atoms with Gasteiger partial charge in [0, 0.05) is 15.8 Å². The molecule has 3 aromatic carbocycles. The number of thioether (sulfide) groups is 1. The quantitative estimate of drug-likeness (QED) is 0.250. The number of carbonyl (C=O) groups is 2. The van der Waals surface area contributed by atoms with Crippen molar-refractivity contribution in [3.63, 3.8) is 0 Å². The molecule has 0 bridgehead atoms. The zero-order chi connectivity index (χ0) is 23.0. The molecule has 4 aromatic rings. The molecule has 0 aliphatic heterocycles. The number of halogens is 1. The van der Waals surface area contributed by atoms with Crippen LogP contribution >= 0.6 is 23.1 Å². The van der Waals surface area contributed by atoms with Gasteiger partial charge in [0.1, 0.15) is 11.1 Å². The molecule has 1 heterocycles. The summed E-state index contributed by atoms with van der Waals surface area (Å²) in [6.45, 7) is -0.428. The topological polar surface area (TPSA) is 68.3 Å². The Morgan fingerprint density at radius 1 is 0.970 bits per heavy atom. The molecule has 0 radical (unpaired) electrons. The van der Waals surface area contributed by atoms with E-state index in [1.54, 1.807) is 17.5 Å². The third kappa shape index (κ3) is 6.27. The smallest absolute Gasteiger partial charge is 0.324 e. The molecule has 0 saturated heterocycles. The summed E-state index contributed by atoms with van der Waals surface area (Å²) in [7, 11) is 0. The minimum absolute atomic E-state index is 0.330. The summed E-state index contributed by atoms with van der Waals surface area (Å²) >= 11 is 2.60. The van der Waals surface area contributed by atoms with E-state index in [1.165, 1.54) is 35.2 Å². The number of aromatic nitrogens is 1. The van der Waals surface area contributed by atoms with Crippen LogP contribution < -0.4 is 5.32 Å². The van der Waals surface area contributed by atoms with Gasteiger partial charge in [0.15, 0.2) is 11.7 Å². The first kappa shape index (κ1) is 22.7. The van der Waals surface area contributed by atoms with Crippen LogP contribution in [0.5, 0.6) is 0 Å². The molecule has 0 saturated carbocycles. The fourth-order valence-electron chi connectivity index (χ4n) is 2.97. The van der Waals surface area contributed by atoms with Crippen LogP contribution in [0.25, 0.3) is 11.3 Å². The number of rotatable bonds is 8. The first-order valence-corrected chi connectivity index (χ1v) is 11.8. The number of ether oxygens (including phenoxy) is 1. The highest BCUT2D eigenvalue weighted by Crippen LogP contribution is 2.36. The standard InChI is InChI=1S/C25H19FN2O3S2/c26-19-13-11-17(12-14-19)21-16-32-25(27-21)28-22(29)15-31-24(30)23(18-7-3-1-4-8-18)33-20-9-5-2-6-10-20/h1-14,16,23H,15H2,(H,27,28,29). The molecule has 0 aliphatic carbocycles. The van der Waals surface area contributed by atoms with Gasteiger partial charge in [0.2, 0.25) is 0 Å². The number of hydrogen-bond donors (Lipinski definition) is 1. The molecule has 1 amide bonds. The summed E-state index contributed by atoms with van der Waals surface area (Å²) in [6, 6.07) is 24.8. The summed E-state index contributed by atoms with van der Waals surface area (Å²) < 4.78 is 18.4. The average Bonchev–Trinajstić information content (AvgIpc) is 3.31. The molecule has 1 N–H and O–H groups in total. The van der Waals surface area contributed by atoms with Crippen LogP contribution in [-0.2, 0) is 14.3 Å². The number of thiazole rings is 1. The zero-order valence-corrected chi connectivity index (χ0v) is 18.9. The van der Waals surface area contributed by atoms with E-state index in [-0.39, 0.29) is 5.82 Å². The van der Waals surface area contributed by atoms with Crippen molar-refractivity contribution in [3.8, 4) is 11.3 Å². The molecule has 33 heavy (non-hydrogen) atoms. The molecule has 0 fully saturated rings. The number of amides is 1. The summed E-state index contributed by atoms with van der Waals surface area (Å²) in [5.74, 6) is -1.32. The first-order chi connectivity index (χ1) is 16.1. The molecule has 1 aromatic heterocycles. The molecular weight excluding hydrogens is 459 g/mol. The maximum atomic E-state index is 13.1. The number of nitrogens with one attached hydrogen (secondary N) is 1. The van der Waals surface area contributed by atoms with Gasteiger partial charge in [0.05, 0.1) is 5.69 Å². The van der Waals surface area contributed by atoms with Crippen molar-refractivity contribution >= 4 is 40.1 Å². The summed E-state index contributed by atoms with van der Waals surface area (Å²) in [4.78, 5) is 30.5. The van der Waals surface area contributed by atoms with E-state index in [9.17, 15) is 14.0 Å². The molecular formula is C25H19FN2O3S2. The van der Waals surface area contributed by atoms with E-state index in [0.29, 0.717) is 10.8 Å². The first-order valence-electron chi connectivity index (χ1n) is 10.0. The number of anilines is 1. The molecule has 8 heteroatoms.